The zero-order valence-electron chi connectivity index (χ0n) is 17.7. The van der Waals surface area contributed by atoms with Crippen LogP contribution in [0.3, 0.4) is 0 Å². The highest BCUT2D eigenvalue weighted by Gasteiger charge is 2.39. The number of nitrogens with zero attached hydrogens (tertiary/aromatic N) is 3. The monoisotopic (exact) mass is 433 g/mol. The third-order valence-corrected chi connectivity index (χ3v) is 6.02. The van der Waals surface area contributed by atoms with E-state index in [0.29, 0.717) is 35.9 Å². The Balaban J connectivity index is 1.57. The first-order valence-electron chi connectivity index (χ1n) is 10.2. The summed E-state index contributed by atoms with van der Waals surface area (Å²) in [6, 6.07) is 12.0. The van der Waals surface area contributed by atoms with Gasteiger partial charge in [0.2, 0.25) is 11.9 Å². The number of hydrogen-bond donors (Lipinski definition) is 3. The quantitative estimate of drug-likeness (QED) is 0.574. The van der Waals surface area contributed by atoms with E-state index in [2.05, 4.69) is 15.4 Å². The second kappa shape index (κ2) is 7.60. The number of nitrogens with two attached hydrogens (primary N) is 1. The summed E-state index contributed by atoms with van der Waals surface area (Å²) in [6.45, 7) is 0. The van der Waals surface area contributed by atoms with E-state index in [1.165, 1.54) is 0 Å². The van der Waals surface area contributed by atoms with Crippen molar-refractivity contribution in [3.63, 3.8) is 0 Å². The molecular formula is C23H23N5O4. The minimum Gasteiger partial charge on any atom is -0.508 e. The van der Waals surface area contributed by atoms with Crippen molar-refractivity contribution < 1.29 is 19.4 Å². The van der Waals surface area contributed by atoms with Gasteiger partial charge in [-0.1, -0.05) is 18.2 Å². The fourth-order valence-corrected chi connectivity index (χ4v) is 4.54. The highest BCUT2D eigenvalue weighted by atomic mass is 16.5. The molecule has 1 aliphatic carbocycles. The molecule has 164 valence electrons. The number of carbonyl (C=O) groups is 1. The Morgan fingerprint density at radius 1 is 1.06 bits per heavy atom. The number of ether oxygens (including phenoxy) is 2. The highest BCUT2D eigenvalue weighted by molar-refractivity contribution is 6.00. The van der Waals surface area contributed by atoms with Crippen molar-refractivity contribution in [3.8, 4) is 17.2 Å². The van der Waals surface area contributed by atoms with Gasteiger partial charge in [0, 0.05) is 17.7 Å². The predicted molar refractivity (Wildman–Crippen MR) is 118 cm³/mol. The van der Waals surface area contributed by atoms with Crippen molar-refractivity contribution >= 4 is 17.7 Å². The number of allylic oxidation sites excluding steroid dienone is 2. The van der Waals surface area contributed by atoms with E-state index in [4.69, 9.17) is 15.2 Å². The van der Waals surface area contributed by atoms with Crippen LogP contribution in [0, 0.1) is 0 Å². The van der Waals surface area contributed by atoms with E-state index >= 15 is 0 Å². The van der Waals surface area contributed by atoms with E-state index < -0.39 is 6.04 Å². The Bertz CT molecular complexity index is 1230. The Kier molecular flexibility index (Phi) is 4.73. The number of aromatic hydroxyl groups is 1. The molecule has 2 atom stereocenters. The van der Waals surface area contributed by atoms with Crippen LogP contribution in [0.15, 0.2) is 53.7 Å². The number of phenolic OH excluding ortho intramolecular Hbond substituents is 1. The number of phenols is 1. The maximum atomic E-state index is 13.5. The average molecular weight is 433 g/mol. The number of carbonyl (C=O) groups excluding carboxylic acids is 1. The molecule has 4 N–H and O–H groups in total. The molecule has 32 heavy (non-hydrogen) atoms. The number of ketones is 1. The van der Waals surface area contributed by atoms with Crippen LogP contribution in [0.4, 0.5) is 11.9 Å². The molecule has 1 aromatic heterocycles. The van der Waals surface area contributed by atoms with Crippen LogP contribution >= 0.6 is 0 Å². The summed E-state index contributed by atoms with van der Waals surface area (Å²) in [5.41, 5.74) is 9.14. The second-order valence-electron chi connectivity index (χ2n) is 7.89. The summed E-state index contributed by atoms with van der Waals surface area (Å²) in [4.78, 5) is 17.8. The Morgan fingerprint density at radius 3 is 2.50 bits per heavy atom. The molecule has 0 bridgehead atoms. The van der Waals surface area contributed by atoms with E-state index in [9.17, 15) is 9.90 Å². The molecule has 0 amide bonds. The molecule has 0 unspecified atom stereocenters. The standard InChI is InChI=1S/C23H23N5O4/c1-31-18-8-5-13(11-19(18)32-2)14-9-16-20(17(30)10-14)21(12-3-6-15(29)7-4-12)28-23(25-16)26-22(24)27-28/h3-8,11,14,21,29H,9-10H2,1-2H3,(H3,24,25,26,27)/t14-,21-/m1/s1. The lowest BCUT2D eigenvalue weighted by Crippen LogP contribution is -2.33. The molecule has 0 saturated heterocycles. The minimum atomic E-state index is -0.467. The summed E-state index contributed by atoms with van der Waals surface area (Å²) in [7, 11) is 3.19. The summed E-state index contributed by atoms with van der Waals surface area (Å²) >= 11 is 0. The van der Waals surface area contributed by atoms with E-state index in [0.717, 1.165) is 16.8 Å². The number of methoxy groups -OCH3 is 2. The van der Waals surface area contributed by atoms with Gasteiger partial charge < -0.3 is 25.6 Å². The third-order valence-electron chi connectivity index (χ3n) is 6.02. The molecule has 0 spiro atoms. The van der Waals surface area contributed by atoms with Crippen LogP contribution in [-0.2, 0) is 4.79 Å². The number of aromatic nitrogens is 3. The molecule has 1 aliphatic heterocycles. The first-order valence-corrected chi connectivity index (χ1v) is 10.2. The molecule has 0 saturated carbocycles. The number of benzene rings is 2. The molecular weight excluding hydrogens is 410 g/mol. The van der Waals surface area contributed by atoms with Crippen LogP contribution < -0.4 is 20.5 Å². The Morgan fingerprint density at radius 2 is 1.78 bits per heavy atom. The highest BCUT2D eigenvalue weighted by Crippen LogP contribution is 2.45. The van der Waals surface area contributed by atoms with Crippen molar-refractivity contribution in [1.29, 1.82) is 0 Å². The number of rotatable bonds is 4. The zero-order chi connectivity index (χ0) is 22.4. The van der Waals surface area contributed by atoms with Gasteiger partial charge in [-0.3, -0.25) is 4.79 Å². The maximum absolute atomic E-state index is 13.5. The van der Waals surface area contributed by atoms with Crippen molar-refractivity contribution in [2.24, 2.45) is 0 Å². The van der Waals surface area contributed by atoms with Gasteiger partial charge in [-0.2, -0.15) is 4.98 Å². The number of hydrogen-bond acceptors (Lipinski definition) is 8. The SMILES string of the molecule is COc1ccc([C@H]2CC(=O)C3=C(C2)Nc2nc(N)nn2[C@@H]3c2ccc(O)cc2)cc1OC. The lowest BCUT2D eigenvalue weighted by atomic mass is 9.78. The van der Waals surface area contributed by atoms with E-state index in [1.54, 1.807) is 43.2 Å². The van der Waals surface area contributed by atoms with E-state index in [-0.39, 0.29) is 23.4 Å². The first kappa shape index (κ1) is 19.9. The van der Waals surface area contributed by atoms with Crippen LogP contribution in [0.5, 0.6) is 17.2 Å². The van der Waals surface area contributed by atoms with Crippen molar-refractivity contribution in [3.05, 3.63) is 64.9 Å². The Hall–Kier alpha value is -4.01. The number of Topliss-reactive ketones (excluding diaryl/α,β-unsaturated/α-hetero) is 1. The minimum absolute atomic E-state index is 0.0244. The van der Waals surface area contributed by atoms with Gasteiger partial charge in [-0.15, -0.1) is 5.10 Å². The van der Waals surface area contributed by atoms with Gasteiger partial charge >= 0.3 is 0 Å². The number of anilines is 2. The molecule has 2 heterocycles. The largest absolute Gasteiger partial charge is 0.508 e. The topological polar surface area (TPSA) is 125 Å². The lowest BCUT2D eigenvalue weighted by molar-refractivity contribution is -0.116. The number of nitrogen functional groups attached to an aromatic ring is 1. The Labute approximate surface area is 184 Å². The van der Waals surface area contributed by atoms with E-state index in [1.807, 2.05) is 18.2 Å². The third kappa shape index (κ3) is 3.22. The van der Waals surface area contributed by atoms with Gasteiger partial charge in [0.25, 0.3) is 0 Å². The van der Waals surface area contributed by atoms with Gasteiger partial charge in [0.05, 0.1) is 14.2 Å². The van der Waals surface area contributed by atoms with Crippen LogP contribution in [0.25, 0.3) is 0 Å². The number of fused-ring (bicyclic) bond motifs is 1. The molecule has 5 rings (SSSR count). The predicted octanol–water partition coefficient (Wildman–Crippen LogP) is 3.00. The molecule has 0 fully saturated rings. The molecule has 9 nitrogen and oxygen atoms in total. The second-order valence-corrected chi connectivity index (χ2v) is 7.89. The van der Waals surface area contributed by atoms with Gasteiger partial charge in [-0.25, -0.2) is 4.68 Å². The van der Waals surface area contributed by atoms with Gasteiger partial charge in [0.1, 0.15) is 11.8 Å². The van der Waals surface area contributed by atoms with Crippen molar-refractivity contribution in [1.82, 2.24) is 14.8 Å². The zero-order valence-corrected chi connectivity index (χ0v) is 17.7. The normalized spacial score (nSPS) is 19.8. The first-order chi connectivity index (χ1) is 15.5. The summed E-state index contributed by atoms with van der Waals surface area (Å²) < 4.78 is 12.4. The molecule has 3 aromatic rings. The fraction of sp³-hybridized carbons (Fsp3) is 0.261. The molecule has 0 radical (unpaired) electrons. The summed E-state index contributed by atoms with van der Waals surface area (Å²) in [5, 5.41) is 17.3. The van der Waals surface area contributed by atoms with Crippen LogP contribution in [0.2, 0.25) is 0 Å². The summed E-state index contributed by atoms with van der Waals surface area (Å²) in [5.74, 6) is 2.03. The lowest BCUT2D eigenvalue weighted by Gasteiger charge is -2.35. The summed E-state index contributed by atoms with van der Waals surface area (Å²) in [6.07, 6.45) is 0.974. The molecule has 9 heteroatoms. The maximum Gasteiger partial charge on any atom is 0.241 e. The smallest absolute Gasteiger partial charge is 0.241 e. The van der Waals surface area contributed by atoms with Crippen molar-refractivity contribution in [2.75, 3.05) is 25.3 Å². The van der Waals surface area contributed by atoms with Crippen LogP contribution in [-0.4, -0.2) is 39.9 Å². The molecule has 2 aromatic carbocycles. The number of nitrogens with one attached hydrogen (secondary N) is 1. The molecule has 2 aliphatic rings. The van der Waals surface area contributed by atoms with Crippen molar-refractivity contribution in [2.45, 2.75) is 24.8 Å². The van der Waals surface area contributed by atoms with Gasteiger partial charge in [0.15, 0.2) is 17.3 Å². The average Bonchev–Trinajstić information content (AvgIpc) is 3.17. The van der Waals surface area contributed by atoms with Crippen LogP contribution in [0.1, 0.15) is 35.9 Å². The fourth-order valence-electron chi connectivity index (χ4n) is 4.54. The van der Waals surface area contributed by atoms with Gasteiger partial charge in [-0.05, 0) is 47.7 Å².